The highest BCUT2D eigenvalue weighted by Crippen LogP contribution is 2.23. The van der Waals surface area contributed by atoms with Gasteiger partial charge in [-0.3, -0.25) is 9.59 Å². The van der Waals surface area contributed by atoms with Crippen LogP contribution < -0.4 is 10.6 Å². The van der Waals surface area contributed by atoms with Crippen LogP contribution in [0.15, 0.2) is 42.9 Å². The van der Waals surface area contributed by atoms with E-state index in [0.29, 0.717) is 23.6 Å². The summed E-state index contributed by atoms with van der Waals surface area (Å²) < 4.78 is 1.97. The molecular weight excluding hydrogens is 306 g/mol. The fourth-order valence-electron chi connectivity index (χ4n) is 2.91. The first-order chi connectivity index (χ1) is 11.7. The van der Waals surface area contributed by atoms with Crippen molar-refractivity contribution >= 4 is 28.5 Å². The molecule has 0 unspecified atom stereocenters. The van der Waals surface area contributed by atoms with E-state index in [1.165, 1.54) is 6.33 Å². The predicted molar refractivity (Wildman–Crippen MR) is 88.9 cm³/mol. The zero-order valence-electron chi connectivity index (χ0n) is 12.8. The van der Waals surface area contributed by atoms with Crippen LogP contribution in [0.3, 0.4) is 0 Å². The van der Waals surface area contributed by atoms with Gasteiger partial charge in [0.25, 0.3) is 11.8 Å². The Kier molecular flexibility index (Phi) is 3.45. The molecular formula is C17H15N5O2. The van der Waals surface area contributed by atoms with Gasteiger partial charge in [-0.2, -0.15) is 0 Å². The van der Waals surface area contributed by atoms with Gasteiger partial charge in [-0.05, 0) is 30.7 Å². The summed E-state index contributed by atoms with van der Waals surface area (Å²) in [5.41, 5.74) is 2.04. The number of hydrogen-bond donors (Lipinski definition) is 2. The zero-order valence-corrected chi connectivity index (χ0v) is 12.8. The molecule has 2 amide bonds. The van der Waals surface area contributed by atoms with Gasteiger partial charge in [-0.1, -0.05) is 6.07 Å². The number of aryl methyl sites for hydroxylation is 1. The molecule has 1 aromatic carbocycles. The second-order valence-corrected chi connectivity index (χ2v) is 5.61. The highest BCUT2D eigenvalue weighted by molar-refractivity contribution is 6.06. The Morgan fingerprint density at radius 1 is 1.25 bits per heavy atom. The molecule has 0 radical (unpaired) electrons. The number of hydrogen-bond acceptors (Lipinski definition) is 4. The van der Waals surface area contributed by atoms with Crippen LogP contribution >= 0.6 is 0 Å². The Morgan fingerprint density at radius 3 is 3.00 bits per heavy atom. The van der Waals surface area contributed by atoms with Gasteiger partial charge in [0, 0.05) is 35.8 Å². The summed E-state index contributed by atoms with van der Waals surface area (Å²) >= 11 is 0. The Bertz CT molecular complexity index is 933. The van der Waals surface area contributed by atoms with Gasteiger partial charge in [0.2, 0.25) is 0 Å². The second kappa shape index (κ2) is 5.77. The first kappa shape index (κ1) is 14.4. The van der Waals surface area contributed by atoms with Gasteiger partial charge in [0.05, 0.1) is 0 Å². The molecule has 0 spiro atoms. The number of fused-ring (bicyclic) bond motifs is 3. The van der Waals surface area contributed by atoms with Crippen LogP contribution in [0.4, 0.5) is 5.82 Å². The van der Waals surface area contributed by atoms with Crippen LogP contribution in [0.5, 0.6) is 0 Å². The molecule has 1 aliphatic heterocycles. The summed E-state index contributed by atoms with van der Waals surface area (Å²) in [4.78, 5) is 32.3. The van der Waals surface area contributed by atoms with Crippen molar-refractivity contribution in [2.75, 3.05) is 11.9 Å². The standard InChI is InChI=1S/C17H15N5O2/c23-16(21-15-4-6-18-10-20-15)12-3-2-11-8-14-17(24)19-5-1-7-22(14)13(11)9-12/h2-4,6,8-10H,1,5,7H2,(H,19,24)(H,18,20,21,23). The topological polar surface area (TPSA) is 88.9 Å². The molecule has 0 bridgehead atoms. The van der Waals surface area contributed by atoms with Crippen LogP contribution in [-0.2, 0) is 6.54 Å². The summed E-state index contributed by atoms with van der Waals surface area (Å²) in [7, 11) is 0. The maximum Gasteiger partial charge on any atom is 0.267 e. The first-order valence-corrected chi connectivity index (χ1v) is 7.71. The Morgan fingerprint density at radius 2 is 2.17 bits per heavy atom. The lowest BCUT2D eigenvalue weighted by Crippen LogP contribution is -2.22. The summed E-state index contributed by atoms with van der Waals surface area (Å²) in [6.45, 7) is 1.41. The lowest BCUT2D eigenvalue weighted by molar-refractivity contribution is 0.0950. The van der Waals surface area contributed by atoms with Gasteiger partial charge < -0.3 is 15.2 Å². The largest absolute Gasteiger partial charge is 0.351 e. The van der Waals surface area contributed by atoms with Gasteiger partial charge >= 0.3 is 0 Å². The van der Waals surface area contributed by atoms with Gasteiger partial charge in [-0.15, -0.1) is 0 Å². The summed E-state index contributed by atoms with van der Waals surface area (Å²) in [5.74, 6) is 0.128. The third kappa shape index (κ3) is 2.50. The third-order valence-electron chi connectivity index (χ3n) is 4.07. The van der Waals surface area contributed by atoms with Crippen molar-refractivity contribution in [1.29, 1.82) is 0 Å². The van der Waals surface area contributed by atoms with E-state index in [4.69, 9.17) is 0 Å². The molecule has 1 aliphatic rings. The van der Waals surface area contributed by atoms with Gasteiger partial charge in [0.15, 0.2) is 0 Å². The van der Waals surface area contributed by atoms with Crippen LogP contribution in [0.1, 0.15) is 27.3 Å². The highest BCUT2D eigenvalue weighted by atomic mass is 16.2. The van der Waals surface area contributed by atoms with E-state index in [1.54, 1.807) is 18.3 Å². The number of nitrogens with zero attached hydrogens (tertiary/aromatic N) is 3. The van der Waals surface area contributed by atoms with Crippen LogP contribution in [0.25, 0.3) is 10.9 Å². The van der Waals surface area contributed by atoms with Gasteiger partial charge in [-0.25, -0.2) is 9.97 Å². The number of benzene rings is 1. The SMILES string of the molecule is O=C(Nc1ccncn1)c1ccc2cc3n(c2c1)CCCNC3=O. The van der Waals surface area contributed by atoms with Gasteiger partial charge in [0.1, 0.15) is 17.8 Å². The maximum absolute atomic E-state index is 12.4. The number of rotatable bonds is 2. The molecule has 0 saturated heterocycles. The van der Waals surface area contributed by atoms with Crippen molar-refractivity contribution in [3.05, 3.63) is 54.1 Å². The molecule has 7 nitrogen and oxygen atoms in total. The van der Waals surface area contributed by atoms with E-state index >= 15 is 0 Å². The van der Waals surface area contributed by atoms with Crippen molar-refractivity contribution in [2.24, 2.45) is 0 Å². The van der Waals surface area contributed by atoms with Crippen molar-refractivity contribution < 1.29 is 9.59 Å². The molecule has 0 aliphatic carbocycles. The Balaban J connectivity index is 1.71. The fourth-order valence-corrected chi connectivity index (χ4v) is 2.91. The van der Waals surface area contributed by atoms with E-state index in [1.807, 2.05) is 22.8 Å². The van der Waals surface area contributed by atoms with Crippen molar-refractivity contribution in [2.45, 2.75) is 13.0 Å². The van der Waals surface area contributed by atoms with Crippen molar-refractivity contribution in [3.63, 3.8) is 0 Å². The molecule has 120 valence electrons. The lowest BCUT2D eigenvalue weighted by Gasteiger charge is -2.07. The van der Waals surface area contributed by atoms with E-state index < -0.39 is 0 Å². The molecule has 3 heterocycles. The molecule has 7 heteroatoms. The number of amides is 2. The molecule has 2 N–H and O–H groups in total. The first-order valence-electron chi connectivity index (χ1n) is 7.71. The molecule has 0 fully saturated rings. The van der Waals surface area contributed by atoms with Crippen molar-refractivity contribution in [1.82, 2.24) is 19.9 Å². The maximum atomic E-state index is 12.4. The minimum absolute atomic E-state index is 0.0734. The second-order valence-electron chi connectivity index (χ2n) is 5.61. The normalized spacial score (nSPS) is 13.9. The van der Waals surface area contributed by atoms with E-state index in [9.17, 15) is 9.59 Å². The number of carbonyl (C=O) groups is 2. The van der Waals surface area contributed by atoms with Crippen LogP contribution in [0, 0.1) is 0 Å². The molecule has 4 rings (SSSR count). The summed E-state index contributed by atoms with van der Waals surface area (Å²) in [6, 6.07) is 8.91. The molecule has 0 saturated carbocycles. The minimum atomic E-state index is -0.246. The highest BCUT2D eigenvalue weighted by Gasteiger charge is 2.19. The quantitative estimate of drug-likeness (QED) is 0.753. The molecule has 24 heavy (non-hydrogen) atoms. The monoisotopic (exact) mass is 321 g/mol. The van der Waals surface area contributed by atoms with Crippen LogP contribution in [0.2, 0.25) is 0 Å². The average molecular weight is 321 g/mol. The number of carbonyl (C=O) groups excluding carboxylic acids is 2. The van der Waals surface area contributed by atoms with Crippen molar-refractivity contribution in [3.8, 4) is 0 Å². The van der Waals surface area contributed by atoms with E-state index in [0.717, 1.165) is 23.9 Å². The summed E-state index contributed by atoms with van der Waals surface area (Å²) in [6.07, 6.45) is 3.81. The number of anilines is 1. The number of aromatic nitrogens is 3. The summed E-state index contributed by atoms with van der Waals surface area (Å²) in [5, 5.41) is 6.56. The zero-order chi connectivity index (χ0) is 16.5. The minimum Gasteiger partial charge on any atom is -0.351 e. The van der Waals surface area contributed by atoms with E-state index in [2.05, 4.69) is 20.6 Å². The van der Waals surface area contributed by atoms with E-state index in [-0.39, 0.29) is 11.8 Å². The van der Waals surface area contributed by atoms with Crippen LogP contribution in [-0.4, -0.2) is 32.9 Å². The third-order valence-corrected chi connectivity index (χ3v) is 4.07. The molecule has 2 aromatic heterocycles. The Labute approximate surface area is 137 Å². The molecule has 0 atom stereocenters. The Hall–Kier alpha value is -3.22. The average Bonchev–Trinajstić information content (AvgIpc) is 2.87. The fraction of sp³-hybridized carbons (Fsp3) is 0.176. The lowest BCUT2D eigenvalue weighted by atomic mass is 10.1. The smallest absolute Gasteiger partial charge is 0.267 e. The number of nitrogens with one attached hydrogen (secondary N) is 2. The predicted octanol–water partition coefficient (Wildman–Crippen LogP) is 1.82. The molecule has 3 aromatic rings.